The van der Waals surface area contributed by atoms with Crippen LogP contribution in [0.1, 0.15) is 29.2 Å². The van der Waals surface area contributed by atoms with Crippen LogP contribution >= 0.6 is 15.9 Å². The SMILES string of the molecule is O=C(c1cccc(Br)c1)N1CCC(n2c(=O)[nH]c3ccccc32)CC1. The lowest BCUT2D eigenvalue weighted by Crippen LogP contribution is -2.40. The number of hydrogen-bond acceptors (Lipinski definition) is 2. The van der Waals surface area contributed by atoms with Gasteiger partial charge in [-0.1, -0.05) is 34.1 Å². The number of rotatable bonds is 2. The summed E-state index contributed by atoms with van der Waals surface area (Å²) in [6, 6.07) is 15.3. The number of aromatic nitrogens is 2. The maximum absolute atomic E-state index is 12.7. The van der Waals surface area contributed by atoms with Crippen LogP contribution in [0.5, 0.6) is 0 Å². The van der Waals surface area contributed by atoms with Gasteiger partial charge in [0.05, 0.1) is 11.0 Å². The van der Waals surface area contributed by atoms with Gasteiger partial charge >= 0.3 is 5.69 Å². The fraction of sp³-hybridized carbons (Fsp3) is 0.263. The van der Waals surface area contributed by atoms with Crippen molar-refractivity contribution in [3.05, 3.63) is 69.1 Å². The first-order chi connectivity index (χ1) is 12.1. The molecular formula is C19H18BrN3O2. The first-order valence-electron chi connectivity index (χ1n) is 8.37. The second-order valence-corrected chi connectivity index (χ2v) is 7.27. The Balaban J connectivity index is 1.52. The van der Waals surface area contributed by atoms with Crippen molar-refractivity contribution in [2.75, 3.05) is 13.1 Å². The molecule has 0 bridgehead atoms. The van der Waals surface area contributed by atoms with Crippen molar-refractivity contribution in [2.24, 2.45) is 0 Å². The normalized spacial score (nSPS) is 15.6. The summed E-state index contributed by atoms with van der Waals surface area (Å²) in [6.07, 6.45) is 1.56. The number of amides is 1. The largest absolute Gasteiger partial charge is 0.338 e. The second kappa shape index (κ2) is 6.52. The van der Waals surface area contributed by atoms with Gasteiger partial charge in [-0.2, -0.15) is 0 Å². The topological polar surface area (TPSA) is 58.1 Å². The molecule has 0 atom stereocenters. The zero-order valence-electron chi connectivity index (χ0n) is 13.6. The molecule has 1 saturated heterocycles. The smallest absolute Gasteiger partial charge is 0.326 e. The maximum atomic E-state index is 12.7. The van der Waals surface area contributed by atoms with Gasteiger partial charge in [-0.25, -0.2) is 4.79 Å². The van der Waals surface area contributed by atoms with Gasteiger partial charge in [-0.05, 0) is 43.2 Å². The van der Waals surface area contributed by atoms with E-state index in [1.54, 1.807) is 0 Å². The van der Waals surface area contributed by atoms with Crippen molar-refractivity contribution in [2.45, 2.75) is 18.9 Å². The van der Waals surface area contributed by atoms with Crippen LogP contribution in [0, 0.1) is 0 Å². The van der Waals surface area contributed by atoms with E-state index in [0.29, 0.717) is 18.7 Å². The second-order valence-electron chi connectivity index (χ2n) is 6.35. The summed E-state index contributed by atoms with van der Waals surface area (Å²) in [4.78, 5) is 29.8. The van der Waals surface area contributed by atoms with Gasteiger partial charge in [0.2, 0.25) is 0 Å². The summed E-state index contributed by atoms with van der Waals surface area (Å²) in [5, 5.41) is 0. The van der Waals surface area contributed by atoms with E-state index in [4.69, 9.17) is 0 Å². The average molecular weight is 400 g/mol. The van der Waals surface area contributed by atoms with Crippen LogP contribution in [0.4, 0.5) is 0 Å². The molecular weight excluding hydrogens is 382 g/mol. The van der Waals surface area contributed by atoms with Crippen LogP contribution in [0.15, 0.2) is 57.8 Å². The molecule has 2 aromatic carbocycles. The maximum Gasteiger partial charge on any atom is 0.326 e. The number of para-hydroxylation sites is 2. The minimum atomic E-state index is -0.0713. The third-order valence-electron chi connectivity index (χ3n) is 4.81. The van der Waals surface area contributed by atoms with Crippen LogP contribution < -0.4 is 5.69 Å². The Morgan fingerprint density at radius 3 is 2.60 bits per heavy atom. The molecule has 1 N–H and O–H groups in total. The molecule has 1 aliphatic rings. The fourth-order valence-corrected chi connectivity index (χ4v) is 3.97. The quantitative estimate of drug-likeness (QED) is 0.715. The molecule has 5 nitrogen and oxygen atoms in total. The Labute approximate surface area is 153 Å². The first kappa shape index (κ1) is 16.1. The molecule has 0 unspecified atom stereocenters. The van der Waals surface area contributed by atoms with Crippen molar-refractivity contribution >= 4 is 32.9 Å². The molecule has 0 saturated carbocycles. The summed E-state index contributed by atoms with van der Waals surface area (Å²) in [5.74, 6) is 0.0472. The Hall–Kier alpha value is -2.34. The molecule has 1 amide bonds. The minimum absolute atomic E-state index is 0.0472. The number of hydrogen-bond donors (Lipinski definition) is 1. The van der Waals surface area contributed by atoms with Gasteiger partial charge in [0, 0.05) is 29.2 Å². The predicted octanol–water partition coefficient (Wildman–Crippen LogP) is 3.57. The molecule has 128 valence electrons. The summed E-state index contributed by atoms with van der Waals surface area (Å²) >= 11 is 3.41. The molecule has 0 radical (unpaired) electrons. The molecule has 25 heavy (non-hydrogen) atoms. The third kappa shape index (κ3) is 3.02. The Morgan fingerprint density at radius 1 is 1.08 bits per heavy atom. The van der Waals surface area contributed by atoms with Crippen molar-refractivity contribution in [1.82, 2.24) is 14.5 Å². The molecule has 3 aromatic rings. The summed E-state index contributed by atoms with van der Waals surface area (Å²) in [5.41, 5.74) is 2.42. The predicted molar refractivity (Wildman–Crippen MR) is 101 cm³/mol. The van der Waals surface area contributed by atoms with Gasteiger partial charge in [-0.15, -0.1) is 0 Å². The summed E-state index contributed by atoms with van der Waals surface area (Å²) < 4.78 is 2.74. The standard InChI is InChI=1S/C19H18BrN3O2/c20-14-5-3-4-13(12-14)18(24)22-10-8-15(9-11-22)23-17-7-2-1-6-16(17)21-19(23)25/h1-7,12,15H,8-11H2,(H,21,25). The minimum Gasteiger partial charge on any atom is -0.338 e. The van der Waals surface area contributed by atoms with Gasteiger partial charge in [0.25, 0.3) is 5.91 Å². The lowest BCUT2D eigenvalue weighted by molar-refractivity contribution is 0.0695. The number of fused-ring (bicyclic) bond motifs is 1. The lowest BCUT2D eigenvalue weighted by Gasteiger charge is -2.32. The molecule has 0 spiro atoms. The van der Waals surface area contributed by atoms with Gasteiger partial charge in [-0.3, -0.25) is 9.36 Å². The number of carbonyl (C=O) groups is 1. The molecule has 4 rings (SSSR count). The number of halogens is 1. The van der Waals surface area contributed by atoms with Crippen LogP contribution in [0.2, 0.25) is 0 Å². The number of nitrogens with one attached hydrogen (secondary N) is 1. The van der Waals surface area contributed by atoms with E-state index in [-0.39, 0.29) is 17.6 Å². The van der Waals surface area contributed by atoms with E-state index in [1.165, 1.54) is 0 Å². The van der Waals surface area contributed by atoms with Crippen LogP contribution in [-0.4, -0.2) is 33.4 Å². The van der Waals surface area contributed by atoms with Gasteiger partial charge in [0.1, 0.15) is 0 Å². The molecule has 0 aliphatic carbocycles. The van der Waals surface area contributed by atoms with Gasteiger partial charge in [0.15, 0.2) is 0 Å². The van der Waals surface area contributed by atoms with Crippen molar-refractivity contribution in [3.63, 3.8) is 0 Å². The van der Waals surface area contributed by atoms with E-state index in [0.717, 1.165) is 28.3 Å². The first-order valence-corrected chi connectivity index (χ1v) is 9.17. The number of carbonyl (C=O) groups excluding carboxylic acids is 1. The van der Waals surface area contributed by atoms with E-state index in [1.807, 2.05) is 58.0 Å². The number of nitrogens with zero attached hydrogens (tertiary/aromatic N) is 2. The van der Waals surface area contributed by atoms with Crippen molar-refractivity contribution < 1.29 is 4.79 Å². The molecule has 1 aliphatic heterocycles. The van der Waals surface area contributed by atoms with E-state index in [2.05, 4.69) is 20.9 Å². The third-order valence-corrected chi connectivity index (χ3v) is 5.31. The highest BCUT2D eigenvalue weighted by Crippen LogP contribution is 2.26. The number of imidazole rings is 1. The van der Waals surface area contributed by atoms with Crippen LogP contribution in [0.3, 0.4) is 0 Å². The monoisotopic (exact) mass is 399 g/mol. The number of H-pyrrole nitrogens is 1. The van der Waals surface area contributed by atoms with Crippen molar-refractivity contribution in [1.29, 1.82) is 0 Å². The zero-order valence-corrected chi connectivity index (χ0v) is 15.2. The van der Waals surface area contributed by atoms with Gasteiger partial charge < -0.3 is 9.88 Å². The van der Waals surface area contributed by atoms with E-state index < -0.39 is 0 Å². The Morgan fingerprint density at radius 2 is 1.84 bits per heavy atom. The average Bonchev–Trinajstić information content (AvgIpc) is 2.97. The van der Waals surface area contributed by atoms with Crippen LogP contribution in [0.25, 0.3) is 11.0 Å². The van der Waals surface area contributed by atoms with E-state index >= 15 is 0 Å². The molecule has 1 fully saturated rings. The highest BCUT2D eigenvalue weighted by molar-refractivity contribution is 9.10. The fourth-order valence-electron chi connectivity index (χ4n) is 3.57. The number of piperidine rings is 1. The van der Waals surface area contributed by atoms with Crippen molar-refractivity contribution in [3.8, 4) is 0 Å². The van der Waals surface area contributed by atoms with E-state index in [9.17, 15) is 9.59 Å². The Kier molecular flexibility index (Phi) is 4.21. The number of aromatic amines is 1. The lowest BCUT2D eigenvalue weighted by atomic mass is 10.0. The molecule has 2 heterocycles. The highest BCUT2D eigenvalue weighted by atomic mass is 79.9. The number of benzene rings is 2. The summed E-state index contributed by atoms with van der Waals surface area (Å²) in [7, 11) is 0. The Bertz CT molecular complexity index is 983. The van der Waals surface area contributed by atoms with Crippen LogP contribution in [-0.2, 0) is 0 Å². The zero-order chi connectivity index (χ0) is 17.4. The summed E-state index contributed by atoms with van der Waals surface area (Å²) in [6.45, 7) is 1.31. The molecule has 6 heteroatoms. The number of likely N-dealkylation sites (tertiary alicyclic amines) is 1. The molecule has 1 aromatic heterocycles. The highest BCUT2D eigenvalue weighted by Gasteiger charge is 2.26.